The van der Waals surface area contributed by atoms with Gasteiger partial charge in [-0.2, -0.15) is 13.2 Å². The number of benzene rings is 2. The Balaban J connectivity index is 1.56. The molecule has 2 aliphatic carbocycles. The summed E-state index contributed by atoms with van der Waals surface area (Å²) in [6.07, 6.45) is -4.03. The highest BCUT2D eigenvalue weighted by molar-refractivity contribution is 6.01. The van der Waals surface area contributed by atoms with Gasteiger partial charge in [0, 0.05) is 17.5 Å². The SMILES string of the molecule is Cc1ccc(-c2ccc3c(c2)CCC3=O)c(OCC2(OC(=O)CC(F)(F)F)CC2)c1C. The average Bonchev–Trinajstić information content (AvgIpc) is 3.34. The fourth-order valence-corrected chi connectivity index (χ4v) is 3.89. The molecule has 0 amide bonds. The number of aryl methyl sites for hydroxylation is 2. The Morgan fingerprint density at radius 2 is 1.77 bits per heavy atom. The fraction of sp³-hybridized carbons (Fsp3) is 0.417. The van der Waals surface area contributed by atoms with Crippen molar-refractivity contribution in [3.63, 3.8) is 0 Å². The van der Waals surface area contributed by atoms with E-state index in [0.717, 1.165) is 33.4 Å². The predicted octanol–water partition coefficient (Wildman–Crippen LogP) is 5.51. The minimum Gasteiger partial charge on any atom is -0.488 e. The zero-order chi connectivity index (χ0) is 22.4. The summed E-state index contributed by atoms with van der Waals surface area (Å²) in [5, 5.41) is 0. The number of Topliss-reactive ketones (excluding diaryl/α,β-unsaturated/α-hetero) is 1. The number of halogens is 3. The summed E-state index contributed by atoms with van der Waals surface area (Å²) in [7, 11) is 0. The summed E-state index contributed by atoms with van der Waals surface area (Å²) in [5.41, 5.74) is 4.42. The Kier molecular flexibility index (Phi) is 5.31. The molecule has 0 unspecified atom stereocenters. The minimum absolute atomic E-state index is 0.00266. The highest BCUT2D eigenvalue weighted by Gasteiger charge is 2.49. The van der Waals surface area contributed by atoms with Crippen molar-refractivity contribution >= 4 is 11.8 Å². The molecular weight excluding hydrogens is 409 g/mol. The summed E-state index contributed by atoms with van der Waals surface area (Å²) < 4.78 is 48.6. The van der Waals surface area contributed by atoms with Crippen LogP contribution in [0, 0.1) is 13.8 Å². The average molecular weight is 432 g/mol. The molecule has 164 valence electrons. The number of fused-ring (bicyclic) bond motifs is 1. The molecule has 0 spiro atoms. The summed E-state index contributed by atoms with van der Waals surface area (Å²) in [6, 6.07) is 9.63. The molecule has 0 heterocycles. The summed E-state index contributed by atoms with van der Waals surface area (Å²) in [6.45, 7) is 3.86. The number of hydrogen-bond donors (Lipinski definition) is 0. The number of carbonyl (C=O) groups is 2. The second-order valence-corrected chi connectivity index (χ2v) is 8.42. The largest absolute Gasteiger partial charge is 0.488 e. The van der Waals surface area contributed by atoms with Crippen LogP contribution in [0.15, 0.2) is 30.3 Å². The van der Waals surface area contributed by atoms with Gasteiger partial charge in [-0.05, 0) is 55.4 Å². The number of rotatable bonds is 6. The Morgan fingerprint density at radius 1 is 1.06 bits per heavy atom. The zero-order valence-electron chi connectivity index (χ0n) is 17.4. The normalized spacial score (nSPS) is 16.7. The lowest BCUT2D eigenvalue weighted by atomic mass is 9.96. The lowest BCUT2D eigenvalue weighted by Crippen LogP contribution is -2.29. The van der Waals surface area contributed by atoms with Crippen LogP contribution in [-0.4, -0.2) is 30.1 Å². The molecule has 0 aromatic heterocycles. The van der Waals surface area contributed by atoms with Crippen LogP contribution in [0.3, 0.4) is 0 Å². The van der Waals surface area contributed by atoms with Gasteiger partial charge in [0.15, 0.2) is 5.78 Å². The summed E-state index contributed by atoms with van der Waals surface area (Å²) in [5.74, 6) is -0.519. The van der Waals surface area contributed by atoms with E-state index < -0.39 is 24.2 Å². The molecule has 4 nitrogen and oxygen atoms in total. The van der Waals surface area contributed by atoms with E-state index in [2.05, 4.69) is 0 Å². The minimum atomic E-state index is -4.59. The number of hydrogen-bond acceptors (Lipinski definition) is 4. The highest BCUT2D eigenvalue weighted by atomic mass is 19.4. The van der Waals surface area contributed by atoms with Crippen LogP contribution < -0.4 is 4.74 Å². The molecule has 4 rings (SSSR count). The van der Waals surface area contributed by atoms with Crippen molar-refractivity contribution in [1.29, 1.82) is 0 Å². The molecule has 0 aliphatic heterocycles. The first-order chi connectivity index (χ1) is 14.6. The van der Waals surface area contributed by atoms with E-state index in [0.29, 0.717) is 31.4 Å². The molecule has 0 bridgehead atoms. The van der Waals surface area contributed by atoms with Crippen LogP contribution in [0.25, 0.3) is 11.1 Å². The fourth-order valence-electron chi connectivity index (χ4n) is 3.89. The maximum absolute atomic E-state index is 12.5. The van der Waals surface area contributed by atoms with Crippen molar-refractivity contribution in [2.75, 3.05) is 6.61 Å². The van der Waals surface area contributed by atoms with E-state index in [-0.39, 0.29) is 12.4 Å². The Bertz CT molecular complexity index is 1050. The van der Waals surface area contributed by atoms with Gasteiger partial charge in [0.05, 0.1) is 0 Å². The Hall–Kier alpha value is -2.83. The molecule has 0 radical (unpaired) electrons. The van der Waals surface area contributed by atoms with E-state index in [1.165, 1.54) is 0 Å². The maximum Gasteiger partial charge on any atom is 0.399 e. The van der Waals surface area contributed by atoms with Crippen LogP contribution in [0.4, 0.5) is 13.2 Å². The molecular formula is C24H23F3O4. The quantitative estimate of drug-likeness (QED) is 0.565. The number of carbonyl (C=O) groups excluding carboxylic acids is 2. The number of esters is 1. The molecule has 0 saturated heterocycles. The van der Waals surface area contributed by atoms with Gasteiger partial charge in [0.2, 0.25) is 0 Å². The zero-order valence-corrected chi connectivity index (χ0v) is 17.4. The molecule has 1 fully saturated rings. The molecule has 2 aromatic rings. The topological polar surface area (TPSA) is 52.6 Å². The number of ketones is 1. The Labute approximate surface area is 178 Å². The van der Waals surface area contributed by atoms with Crippen LogP contribution in [0.2, 0.25) is 0 Å². The standard InChI is InChI=1S/C24H23F3O4/c1-14-3-6-19(17-4-7-18-16(11-17)5-8-20(18)28)22(15(14)2)30-13-23(9-10-23)31-21(29)12-24(25,26)27/h3-4,6-7,11H,5,8-10,12-13H2,1-2H3. The first-order valence-electron chi connectivity index (χ1n) is 10.2. The highest BCUT2D eigenvalue weighted by Crippen LogP contribution is 2.43. The lowest BCUT2D eigenvalue weighted by molar-refractivity contribution is -0.178. The van der Waals surface area contributed by atoms with Gasteiger partial charge in [0.25, 0.3) is 0 Å². The van der Waals surface area contributed by atoms with Gasteiger partial charge in [0.1, 0.15) is 24.4 Å². The second-order valence-electron chi connectivity index (χ2n) is 8.42. The van der Waals surface area contributed by atoms with Crippen molar-refractivity contribution < 1.29 is 32.2 Å². The third-order valence-corrected chi connectivity index (χ3v) is 5.98. The maximum atomic E-state index is 12.5. The van der Waals surface area contributed by atoms with Crippen molar-refractivity contribution in [2.45, 2.75) is 57.7 Å². The van der Waals surface area contributed by atoms with E-state index in [1.54, 1.807) is 0 Å². The summed E-state index contributed by atoms with van der Waals surface area (Å²) >= 11 is 0. The van der Waals surface area contributed by atoms with Crippen LogP contribution in [0.5, 0.6) is 5.75 Å². The lowest BCUT2D eigenvalue weighted by Gasteiger charge is -2.21. The van der Waals surface area contributed by atoms with Crippen molar-refractivity contribution in [3.8, 4) is 16.9 Å². The molecule has 31 heavy (non-hydrogen) atoms. The first kappa shape index (κ1) is 21.4. The van der Waals surface area contributed by atoms with Crippen molar-refractivity contribution in [1.82, 2.24) is 0 Å². The molecule has 0 atom stereocenters. The molecule has 1 saturated carbocycles. The van der Waals surface area contributed by atoms with Gasteiger partial charge in [-0.1, -0.05) is 30.3 Å². The molecule has 2 aromatic carbocycles. The van der Waals surface area contributed by atoms with Crippen LogP contribution in [-0.2, 0) is 16.0 Å². The van der Waals surface area contributed by atoms with Gasteiger partial charge in [-0.15, -0.1) is 0 Å². The number of alkyl halides is 3. The third kappa shape index (κ3) is 4.60. The molecule has 2 aliphatic rings. The van der Waals surface area contributed by atoms with Gasteiger partial charge >= 0.3 is 12.1 Å². The van der Waals surface area contributed by atoms with Gasteiger partial charge in [-0.25, -0.2) is 0 Å². The van der Waals surface area contributed by atoms with Gasteiger partial charge in [-0.3, -0.25) is 9.59 Å². The smallest absolute Gasteiger partial charge is 0.399 e. The second kappa shape index (κ2) is 7.70. The van der Waals surface area contributed by atoms with E-state index in [1.807, 2.05) is 44.2 Å². The van der Waals surface area contributed by atoms with Crippen LogP contribution in [0.1, 0.15) is 52.7 Å². The number of ether oxygens (including phenoxy) is 2. The first-order valence-corrected chi connectivity index (χ1v) is 10.2. The van der Waals surface area contributed by atoms with Crippen molar-refractivity contribution in [3.05, 3.63) is 52.6 Å². The summed E-state index contributed by atoms with van der Waals surface area (Å²) in [4.78, 5) is 23.6. The van der Waals surface area contributed by atoms with Gasteiger partial charge < -0.3 is 9.47 Å². The molecule has 0 N–H and O–H groups in total. The molecule has 7 heteroatoms. The third-order valence-electron chi connectivity index (χ3n) is 5.98. The predicted molar refractivity (Wildman–Crippen MR) is 108 cm³/mol. The Morgan fingerprint density at radius 3 is 2.45 bits per heavy atom. The van der Waals surface area contributed by atoms with Crippen molar-refractivity contribution in [2.24, 2.45) is 0 Å². The van der Waals surface area contributed by atoms with E-state index in [9.17, 15) is 22.8 Å². The van der Waals surface area contributed by atoms with E-state index >= 15 is 0 Å². The van der Waals surface area contributed by atoms with E-state index in [4.69, 9.17) is 9.47 Å². The monoisotopic (exact) mass is 432 g/mol. The van der Waals surface area contributed by atoms with Crippen LogP contribution >= 0.6 is 0 Å².